The van der Waals surface area contributed by atoms with E-state index in [9.17, 15) is 0 Å². The molecule has 0 aromatic rings. The third kappa shape index (κ3) is 8.34. The lowest BCUT2D eigenvalue weighted by molar-refractivity contribution is -0.0721. The van der Waals surface area contributed by atoms with Gasteiger partial charge in [-0.05, 0) is 57.8 Å². The maximum atomic E-state index is 6.15. The molecular formula is C22H42IN3O2. The first kappa shape index (κ1) is 24.2. The second-order valence-electron chi connectivity index (χ2n) is 8.54. The molecule has 164 valence electrons. The van der Waals surface area contributed by atoms with E-state index in [0.717, 1.165) is 70.5 Å². The Morgan fingerprint density at radius 3 is 2.50 bits per heavy atom. The van der Waals surface area contributed by atoms with Gasteiger partial charge in [0, 0.05) is 32.8 Å². The zero-order chi connectivity index (χ0) is 18.7. The Kier molecular flexibility index (Phi) is 12.1. The number of likely N-dealkylation sites (tertiary alicyclic amines) is 1. The van der Waals surface area contributed by atoms with E-state index >= 15 is 0 Å². The number of aliphatic imine (C=N–C) groups is 1. The lowest BCUT2D eigenvalue weighted by Crippen LogP contribution is -2.47. The molecule has 1 atom stereocenters. The van der Waals surface area contributed by atoms with Crippen LogP contribution in [0, 0.1) is 5.92 Å². The summed E-state index contributed by atoms with van der Waals surface area (Å²) in [4.78, 5) is 7.34. The summed E-state index contributed by atoms with van der Waals surface area (Å²) in [5.41, 5.74) is 0. The molecule has 2 heterocycles. The van der Waals surface area contributed by atoms with Crippen molar-refractivity contribution in [2.75, 3.05) is 39.4 Å². The van der Waals surface area contributed by atoms with Crippen LogP contribution >= 0.6 is 24.0 Å². The molecule has 0 aromatic heterocycles. The summed E-state index contributed by atoms with van der Waals surface area (Å²) in [6.07, 6.45) is 15.0. The van der Waals surface area contributed by atoms with E-state index < -0.39 is 0 Å². The molecule has 1 unspecified atom stereocenters. The highest BCUT2D eigenvalue weighted by Gasteiger charge is 2.23. The fraction of sp³-hybridized carbons (Fsp3) is 0.955. The Bertz CT molecular complexity index is 429. The zero-order valence-electron chi connectivity index (χ0n) is 17.9. The largest absolute Gasteiger partial charge is 0.376 e. The predicted octanol–water partition coefficient (Wildman–Crippen LogP) is 4.59. The van der Waals surface area contributed by atoms with Crippen molar-refractivity contribution in [3.63, 3.8) is 0 Å². The van der Waals surface area contributed by atoms with Gasteiger partial charge in [0.25, 0.3) is 0 Å². The second-order valence-corrected chi connectivity index (χ2v) is 8.54. The lowest BCUT2D eigenvalue weighted by atomic mass is 10.0. The van der Waals surface area contributed by atoms with Crippen molar-refractivity contribution in [1.29, 1.82) is 0 Å². The third-order valence-electron chi connectivity index (χ3n) is 6.38. The number of rotatable bonds is 8. The van der Waals surface area contributed by atoms with E-state index in [1.807, 2.05) is 0 Å². The van der Waals surface area contributed by atoms with Crippen molar-refractivity contribution in [3.05, 3.63) is 0 Å². The number of nitrogens with zero attached hydrogens (tertiary/aromatic N) is 2. The van der Waals surface area contributed by atoms with Crippen LogP contribution < -0.4 is 5.32 Å². The van der Waals surface area contributed by atoms with Gasteiger partial charge in [-0.25, -0.2) is 0 Å². The van der Waals surface area contributed by atoms with Gasteiger partial charge in [0.2, 0.25) is 0 Å². The fourth-order valence-corrected chi connectivity index (χ4v) is 4.71. The molecule has 0 radical (unpaired) electrons. The molecule has 2 aliphatic heterocycles. The van der Waals surface area contributed by atoms with Gasteiger partial charge in [-0.15, -0.1) is 24.0 Å². The standard InChI is InChI=1S/C22H41N3O2.HI/c1-2-23-22(24-14-7-10-19-8-3-4-9-19)25-15-12-20(13-16-25)27-18-21-11-5-6-17-26-21;/h19-21H,2-18H2,1H3,(H,23,24);1H. The molecule has 0 bridgehead atoms. The maximum absolute atomic E-state index is 6.15. The van der Waals surface area contributed by atoms with Gasteiger partial charge in [0.15, 0.2) is 5.96 Å². The van der Waals surface area contributed by atoms with Crippen molar-refractivity contribution in [2.24, 2.45) is 10.9 Å². The van der Waals surface area contributed by atoms with Crippen molar-refractivity contribution in [3.8, 4) is 0 Å². The molecule has 1 N–H and O–H groups in total. The zero-order valence-corrected chi connectivity index (χ0v) is 20.2. The molecule has 3 fully saturated rings. The minimum absolute atomic E-state index is 0. The molecule has 0 aromatic carbocycles. The van der Waals surface area contributed by atoms with Crippen LogP contribution in [0.15, 0.2) is 4.99 Å². The molecule has 6 heteroatoms. The predicted molar refractivity (Wildman–Crippen MR) is 127 cm³/mol. The molecule has 3 aliphatic rings. The highest BCUT2D eigenvalue weighted by atomic mass is 127. The van der Waals surface area contributed by atoms with Gasteiger partial charge >= 0.3 is 0 Å². The van der Waals surface area contributed by atoms with Crippen molar-refractivity contribution in [1.82, 2.24) is 10.2 Å². The summed E-state index contributed by atoms with van der Waals surface area (Å²) in [5, 5.41) is 3.49. The van der Waals surface area contributed by atoms with Crippen LogP contribution in [0.25, 0.3) is 0 Å². The molecule has 3 rings (SSSR count). The van der Waals surface area contributed by atoms with Crippen molar-refractivity contribution in [2.45, 2.75) is 89.8 Å². The normalized spacial score (nSPS) is 25.0. The topological polar surface area (TPSA) is 46.1 Å². The number of ether oxygens (including phenoxy) is 2. The van der Waals surface area contributed by atoms with E-state index in [1.54, 1.807) is 0 Å². The summed E-state index contributed by atoms with van der Waals surface area (Å²) >= 11 is 0. The van der Waals surface area contributed by atoms with E-state index in [0.29, 0.717) is 12.2 Å². The molecule has 1 aliphatic carbocycles. The van der Waals surface area contributed by atoms with Crippen LogP contribution in [-0.4, -0.2) is 62.5 Å². The van der Waals surface area contributed by atoms with E-state index in [1.165, 1.54) is 51.4 Å². The average molecular weight is 508 g/mol. The van der Waals surface area contributed by atoms with Crippen LogP contribution in [0.5, 0.6) is 0 Å². The molecule has 0 amide bonds. The smallest absolute Gasteiger partial charge is 0.193 e. The quantitative estimate of drug-likeness (QED) is 0.226. The van der Waals surface area contributed by atoms with Gasteiger partial charge in [0.1, 0.15) is 0 Å². The first-order chi connectivity index (χ1) is 13.3. The highest BCUT2D eigenvalue weighted by Crippen LogP contribution is 2.28. The monoisotopic (exact) mass is 507 g/mol. The molecule has 2 saturated heterocycles. The number of piperidine rings is 1. The molecule has 5 nitrogen and oxygen atoms in total. The number of hydrogen-bond donors (Lipinski definition) is 1. The number of guanidine groups is 1. The van der Waals surface area contributed by atoms with Crippen LogP contribution in [0.3, 0.4) is 0 Å². The Morgan fingerprint density at radius 1 is 1.07 bits per heavy atom. The summed E-state index contributed by atoms with van der Waals surface area (Å²) in [6, 6.07) is 0. The van der Waals surface area contributed by atoms with Crippen LogP contribution in [-0.2, 0) is 9.47 Å². The van der Waals surface area contributed by atoms with Gasteiger partial charge in [-0.2, -0.15) is 0 Å². The SMILES string of the molecule is CCNC(=NCCCC1CCCC1)N1CCC(OCC2CCCCO2)CC1.I. The van der Waals surface area contributed by atoms with Gasteiger partial charge < -0.3 is 19.7 Å². The Morgan fingerprint density at radius 2 is 1.82 bits per heavy atom. The van der Waals surface area contributed by atoms with Crippen molar-refractivity contribution < 1.29 is 9.47 Å². The summed E-state index contributed by atoms with van der Waals surface area (Å²) in [6.45, 7) is 7.85. The van der Waals surface area contributed by atoms with E-state index in [2.05, 4.69) is 17.1 Å². The number of hydrogen-bond acceptors (Lipinski definition) is 3. The van der Waals surface area contributed by atoms with E-state index in [4.69, 9.17) is 14.5 Å². The third-order valence-corrected chi connectivity index (χ3v) is 6.38. The first-order valence-electron chi connectivity index (χ1n) is 11.6. The highest BCUT2D eigenvalue weighted by molar-refractivity contribution is 14.0. The summed E-state index contributed by atoms with van der Waals surface area (Å²) in [7, 11) is 0. The van der Waals surface area contributed by atoms with Crippen LogP contribution in [0.4, 0.5) is 0 Å². The average Bonchev–Trinajstić information content (AvgIpc) is 3.24. The number of nitrogens with one attached hydrogen (secondary N) is 1. The lowest BCUT2D eigenvalue weighted by Gasteiger charge is -2.35. The first-order valence-corrected chi connectivity index (χ1v) is 11.6. The Balaban J connectivity index is 0.00000280. The van der Waals surface area contributed by atoms with Gasteiger partial charge in [-0.1, -0.05) is 25.7 Å². The second kappa shape index (κ2) is 14.0. The minimum Gasteiger partial charge on any atom is -0.376 e. The van der Waals surface area contributed by atoms with Crippen LogP contribution in [0.1, 0.15) is 77.6 Å². The molecule has 0 spiro atoms. The summed E-state index contributed by atoms with van der Waals surface area (Å²) < 4.78 is 11.9. The van der Waals surface area contributed by atoms with Crippen molar-refractivity contribution >= 4 is 29.9 Å². The Hall–Kier alpha value is -0.0800. The minimum atomic E-state index is 0. The van der Waals surface area contributed by atoms with Crippen LogP contribution in [0.2, 0.25) is 0 Å². The molecular weight excluding hydrogens is 465 g/mol. The Labute approximate surface area is 189 Å². The molecule has 1 saturated carbocycles. The number of halogens is 1. The van der Waals surface area contributed by atoms with Gasteiger partial charge in [-0.3, -0.25) is 4.99 Å². The maximum Gasteiger partial charge on any atom is 0.193 e. The summed E-state index contributed by atoms with van der Waals surface area (Å²) in [5.74, 6) is 2.09. The van der Waals surface area contributed by atoms with E-state index in [-0.39, 0.29) is 24.0 Å². The fourth-order valence-electron chi connectivity index (χ4n) is 4.71. The van der Waals surface area contributed by atoms with Gasteiger partial charge in [0.05, 0.1) is 18.8 Å². The molecule has 28 heavy (non-hydrogen) atoms.